The molecule has 0 radical (unpaired) electrons. The molecule has 2 bridgehead atoms. The Morgan fingerprint density at radius 2 is 1.80 bits per heavy atom. The summed E-state index contributed by atoms with van der Waals surface area (Å²) in [6.07, 6.45) is 2.95. The molecular formula is C26H37N5O4. The van der Waals surface area contributed by atoms with Crippen molar-refractivity contribution < 1.29 is 14.7 Å². The predicted molar refractivity (Wildman–Crippen MR) is 136 cm³/mol. The monoisotopic (exact) mass is 483 g/mol. The standard InChI is InChI=1S/C26H37N5O4/c1-16(2)31-23-8-6-5-7-17(23)11-22(25(31)34)24(33)28-18-12-19-9-10-20(13-18)30(19)15-21(32)14-27-26(35)29(3)4/h5-8,11,16,18-21,32H,9-10,12-15H2,1-4H3,(H,27,35)(H,28,33)/t18?,19-,20+,21?. The summed E-state index contributed by atoms with van der Waals surface area (Å²) >= 11 is 0. The average molecular weight is 484 g/mol. The van der Waals surface area contributed by atoms with E-state index in [2.05, 4.69) is 15.5 Å². The number of benzene rings is 1. The lowest BCUT2D eigenvalue weighted by molar-refractivity contribution is 0.0509. The lowest BCUT2D eigenvalue weighted by Crippen LogP contribution is -2.53. The van der Waals surface area contributed by atoms with E-state index >= 15 is 0 Å². The van der Waals surface area contributed by atoms with Crippen LogP contribution in [0.3, 0.4) is 0 Å². The second-order valence-corrected chi connectivity index (χ2v) is 10.3. The van der Waals surface area contributed by atoms with Crippen molar-refractivity contribution >= 4 is 22.8 Å². The van der Waals surface area contributed by atoms with Gasteiger partial charge in [-0.1, -0.05) is 18.2 Å². The number of piperidine rings is 1. The minimum Gasteiger partial charge on any atom is -0.390 e. The molecule has 1 aromatic carbocycles. The highest BCUT2D eigenvalue weighted by Gasteiger charge is 2.41. The van der Waals surface area contributed by atoms with E-state index in [0.29, 0.717) is 6.54 Å². The van der Waals surface area contributed by atoms with Crippen LogP contribution in [0.5, 0.6) is 0 Å². The van der Waals surface area contributed by atoms with Crippen LogP contribution in [0.4, 0.5) is 4.79 Å². The van der Waals surface area contributed by atoms with Crippen LogP contribution in [-0.2, 0) is 0 Å². The van der Waals surface area contributed by atoms with E-state index in [-0.39, 0.29) is 53.8 Å². The number of nitrogens with zero attached hydrogens (tertiary/aromatic N) is 3. The summed E-state index contributed by atoms with van der Waals surface area (Å²) in [5, 5.41) is 17.2. The summed E-state index contributed by atoms with van der Waals surface area (Å²) < 4.78 is 1.69. The first-order valence-corrected chi connectivity index (χ1v) is 12.5. The lowest BCUT2D eigenvalue weighted by atomic mass is 9.96. The zero-order valence-corrected chi connectivity index (χ0v) is 21.0. The van der Waals surface area contributed by atoms with Crippen LogP contribution in [-0.4, -0.2) is 82.8 Å². The number of aliphatic hydroxyl groups is 1. The molecule has 0 spiro atoms. The van der Waals surface area contributed by atoms with Gasteiger partial charge >= 0.3 is 6.03 Å². The maximum atomic E-state index is 13.2. The third kappa shape index (κ3) is 5.36. The fraction of sp³-hybridized carbons (Fsp3) is 0.577. The van der Waals surface area contributed by atoms with Crippen LogP contribution < -0.4 is 16.2 Å². The van der Waals surface area contributed by atoms with E-state index in [9.17, 15) is 19.5 Å². The van der Waals surface area contributed by atoms with Crippen molar-refractivity contribution in [3.63, 3.8) is 0 Å². The highest BCUT2D eigenvalue weighted by Crippen LogP contribution is 2.35. The minimum atomic E-state index is -0.653. The number of pyridine rings is 1. The summed E-state index contributed by atoms with van der Waals surface area (Å²) in [5.74, 6) is -0.320. The van der Waals surface area contributed by atoms with Crippen molar-refractivity contribution in [2.24, 2.45) is 0 Å². The molecule has 0 saturated carbocycles. The first kappa shape index (κ1) is 25.2. The van der Waals surface area contributed by atoms with Crippen molar-refractivity contribution in [1.82, 2.24) is 25.0 Å². The van der Waals surface area contributed by atoms with Crippen molar-refractivity contribution in [3.8, 4) is 0 Å². The molecule has 2 aliphatic rings. The van der Waals surface area contributed by atoms with Crippen LogP contribution in [0.2, 0.25) is 0 Å². The SMILES string of the molecule is CC(C)n1c(=O)c(C(=O)NC2C[C@H]3CC[C@@H](C2)N3CC(O)CNC(=O)N(C)C)cc2ccccc21. The number of hydrogen-bond acceptors (Lipinski definition) is 5. The van der Waals surface area contributed by atoms with Gasteiger partial charge in [0.2, 0.25) is 0 Å². The van der Waals surface area contributed by atoms with Gasteiger partial charge in [-0.05, 0) is 57.0 Å². The van der Waals surface area contributed by atoms with E-state index in [1.165, 1.54) is 4.90 Å². The van der Waals surface area contributed by atoms with Gasteiger partial charge < -0.3 is 25.2 Å². The molecule has 3 amide bonds. The molecule has 2 unspecified atom stereocenters. The fourth-order valence-electron chi connectivity index (χ4n) is 5.59. The van der Waals surface area contributed by atoms with Crippen LogP contribution in [0, 0.1) is 0 Å². The molecule has 3 N–H and O–H groups in total. The molecule has 1 aromatic heterocycles. The molecule has 4 rings (SSSR count). The maximum Gasteiger partial charge on any atom is 0.316 e. The zero-order valence-electron chi connectivity index (χ0n) is 21.0. The van der Waals surface area contributed by atoms with E-state index in [0.717, 1.165) is 36.6 Å². The summed E-state index contributed by atoms with van der Waals surface area (Å²) in [6.45, 7) is 4.59. The smallest absolute Gasteiger partial charge is 0.316 e. The Morgan fingerprint density at radius 1 is 1.14 bits per heavy atom. The topological polar surface area (TPSA) is 107 Å². The molecule has 0 aliphatic carbocycles. The molecule has 2 saturated heterocycles. The molecular weight excluding hydrogens is 446 g/mol. The summed E-state index contributed by atoms with van der Waals surface area (Å²) in [6, 6.07) is 9.58. The number of carbonyl (C=O) groups excluding carboxylic acids is 2. The summed E-state index contributed by atoms with van der Waals surface area (Å²) in [4.78, 5) is 41.9. The first-order valence-electron chi connectivity index (χ1n) is 12.5. The third-order valence-corrected chi connectivity index (χ3v) is 7.24. The zero-order chi connectivity index (χ0) is 25.3. The van der Waals surface area contributed by atoms with Gasteiger partial charge in [0, 0.05) is 51.4 Å². The van der Waals surface area contributed by atoms with Crippen molar-refractivity contribution in [2.45, 2.75) is 69.8 Å². The molecule has 3 heterocycles. The molecule has 2 fully saturated rings. The van der Waals surface area contributed by atoms with E-state index in [1.807, 2.05) is 38.1 Å². The van der Waals surface area contributed by atoms with Crippen molar-refractivity contribution in [1.29, 1.82) is 0 Å². The maximum absolute atomic E-state index is 13.2. The number of fused-ring (bicyclic) bond motifs is 3. The normalized spacial score (nSPS) is 22.9. The van der Waals surface area contributed by atoms with Gasteiger partial charge in [0.05, 0.1) is 11.6 Å². The molecule has 2 aliphatic heterocycles. The number of aromatic nitrogens is 1. The molecule has 2 aromatic rings. The van der Waals surface area contributed by atoms with Gasteiger partial charge in [0.25, 0.3) is 11.5 Å². The average Bonchev–Trinajstić information content (AvgIpc) is 3.03. The van der Waals surface area contributed by atoms with Gasteiger partial charge in [0.1, 0.15) is 5.56 Å². The number of urea groups is 1. The highest BCUT2D eigenvalue weighted by atomic mass is 16.3. The first-order chi connectivity index (χ1) is 16.7. The fourth-order valence-corrected chi connectivity index (χ4v) is 5.59. The van der Waals surface area contributed by atoms with Gasteiger partial charge in [-0.25, -0.2) is 4.79 Å². The Hall–Kier alpha value is -2.91. The Balaban J connectivity index is 1.41. The van der Waals surface area contributed by atoms with Crippen molar-refractivity contribution in [3.05, 3.63) is 46.2 Å². The second-order valence-electron chi connectivity index (χ2n) is 10.3. The predicted octanol–water partition coefficient (Wildman–Crippen LogP) is 1.94. The van der Waals surface area contributed by atoms with Crippen LogP contribution in [0.25, 0.3) is 10.9 Å². The number of rotatable bonds is 7. The lowest BCUT2D eigenvalue weighted by Gasteiger charge is -2.40. The number of nitrogens with one attached hydrogen (secondary N) is 2. The molecule has 4 atom stereocenters. The number of hydrogen-bond donors (Lipinski definition) is 3. The van der Waals surface area contributed by atoms with E-state index in [1.54, 1.807) is 24.7 Å². The van der Waals surface area contributed by atoms with Crippen LogP contribution in [0.1, 0.15) is 55.9 Å². The minimum absolute atomic E-state index is 0.0137. The Bertz CT molecular complexity index is 1130. The highest BCUT2D eigenvalue weighted by molar-refractivity contribution is 5.97. The summed E-state index contributed by atoms with van der Waals surface area (Å²) in [5.41, 5.74) is 0.745. The quantitative estimate of drug-likeness (QED) is 0.558. The van der Waals surface area contributed by atoms with Gasteiger partial charge in [0.15, 0.2) is 0 Å². The molecule has 190 valence electrons. The number of amides is 3. The van der Waals surface area contributed by atoms with Crippen LogP contribution >= 0.6 is 0 Å². The largest absolute Gasteiger partial charge is 0.390 e. The van der Waals surface area contributed by atoms with Crippen molar-refractivity contribution in [2.75, 3.05) is 27.2 Å². The number of carbonyl (C=O) groups is 2. The molecule has 9 heteroatoms. The molecule has 9 nitrogen and oxygen atoms in total. The third-order valence-electron chi connectivity index (χ3n) is 7.24. The second kappa shape index (κ2) is 10.4. The Labute approximate surface area is 206 Å². The van der Waals surface area contributed by atoms with E-state index in [4.69, 9.17) is 0 Å². The van der Waals surface area contributed by atoms with Gasteiger partial charge in [-0.3, -0.25) is 14.5 Å². The Kier molecular flexibility index (Phi) is 7.47. The molecule has 35 heavy (non-hydrogen) atoms. The van der Waals surface area contributed by atoms with Crippen LogP contribution in [0.15, 0.2) is 35.1 Å². The number of para-hydroxylation sites is 1. The van der Waals surface area contributed by atoms with E-state index < -0.39 is 6.10 Å². The Morgan fingerprint density at radius 3 is 2.43 bits per heavy atom. The van der Waals surface area contributed by atoms with Gasteiger partial charge in [-0.2, -0.15) is 0 Å². The van der Waals surface area contributed by atoms with Gasteiger partial charge in [-0.15, -0.1) is 0 Å². The number of aliphatic hydroxyl groups excluding tert-OH is 1. The summed E-state index contributed by atoms with van der Waals surface area (Å²) in [7, 11) is 3.33.